The molecule has 6 heteroatoms. The zero-order chi connectivity index (χ0) is 23.8. The molecule has 0 saturated heterocycles. The summed E-state index contributed by atoms with van der Waals surface area (Å²) in [6.07, 6.45) is 0.235. The van der Waals surface area contributed by atoms with E-state index in [1.807, 2.05) is 73.7 Å². The second kappa shape index (κ2) is 11.9. The highest BCUT2D eigenvalue weighted by atomic mass is 35.5. The van der Waals surface area contributed by atoms with Gasteiger partial charge in [-0.1, -0.05) is 89.9 Å². The number of hydrogen-bond donors (Lipinski definition) is 1. The largest absolute Gasteiger partial charge is 0.355 e. The molecule has 3 aromatic carbocycles. The molecule has 0 radical (unpaired) electrons. The molecule has 3 rings (SSSR count). The molecule has 2 amide bonds. The molecule has 0 spiro atoms. The first-order chi connectivity index (χ1) is 15.9. The minimum Gasteiger partial charge on any atom is -0.355 e. The van der Waals surface area contributed by atoms with Crippen molar-refractivity contribution in [1.82, 2.24) is 10.2 Å². The summed E-state index contributed by atoms with van der Waals surface area (Å²) < 4.78 is 0. The van der Waals surface area contributed by atoms with Crippen molar-refractivity contribution < 1.29 is 9.59 Å². The minimum absolute atomic E-state index is 0.113. The van der Waals surface area contributed by atoms with E-state index in [0.29, 0.717) is 16.6 Å². The van der Waals surface area contributed by atoms with Crippen LogP contribution >= 0.6 is 23.2 Å². The smallest absolute Gasteiger partial charge is 0.242 e. The second-order valence-corrected chi connectivity index (χ2v) is 8.73. The summed E-state index contributed by atoms with van der Waals surface area (Å²) >= 11 is 12.3. The zero-order valence-corrected chi connectivity index (χ0v) is 20.3. The number of rotatable bonds is 9. The Labute approximate surface area is 205 Å². The van der Waals surface area contributed by atoms with Crippen LogP contribution in [0.25, 0.3) is 0 Å². The number of hydrogen-bond acceptors (Lipinski definition) is 2. The van der Waals surface area contributed by atoms with Crippen LogP contribution in [0.15, 0.2) is 78.9 Å². The Bertz CT molecular complexity index is 1030. The molecule has 0 fully saturated rings. The Kier molecular flexibility index (Phi) is 8.93. The van der Waals surface area contributed by atoms with E-state index >= 15 is 0 Å². The van der Waals surface area contributed by atoms with Crippen molar-refractivity contribution in [3.8, 4) is 0 Å². The van der Waals surface area contributed by atoms with Crippen molar-refractivity contribution >= 4 is 35.0 Å². The summed E-state index contributed by atoms with van der Waals surface area (Å²) in [6.45, 7) is 4.36. The Morgan fingerprint density at radius 2 is 1.45 bits per heavy atom. The number of amides is 2. The average Bonchev–Trinajstić information content (AvgIpc) is 2.84. The fourth-order valence-corrected chi connectivity index (χ4v) is 4.15. The van der Waals surface area contributed by atoms with Gasteiger partial charge in [-0.25, -0.2) is 0 Å². The molecule has 0 aliphatic rings. The van der Waals surface area contributed by atoms with E-state index in [1.165, 1.54) is 0 Å². The molecule has 0 bridgehead atoms. The van der Waals surface area contributed by atoms with Crippen LogP contribution in [-0.2, 0) is 16.1 Å². The summed E-state index contributed by atoms with van der Waals surface area (Å²) in [5.74, 6) is -0.433. The average molecular weight is 483 g/mol. The summed E-state index contributed by atoms with van der Waals surface area (Å²) in [5.41, 5.74) is 2.92. The van der Waals surface area contributed by atoms with Gasteiger partial charge in [-0.15, -0.1) is 0 Å². The molecular weight excluding hydrogens is 455 g/mol. The van der Waals surface area contributed by atoms with Crippen molar-refractivity contribution in [2.24, 2.45) is 0 Å². The molecule has 172 valence electrons. The summed E-state index contributed by atoms with van der Waals surface area (Å²) in [6, 6.07) is 24.6. The lowest BCUT2D eigenvalue weighted by molar-refractivity contribution is -0.140. The molecule has 0 aliphatic carbocycles. The van der Waals surface area contributed by atoms with E-state index in [9.17, 15) is 9.59 Å². The van der Waals surface area contributed by atoms with Crippen molar-refractivity contribution in [3.05, 3.63) is 106 Å². The van der Waals surface area contributed by atoms with Gasteiger partial charge in [0.15, 0.2) is 0 Å². The van der Waals surface area contributed by atoms with Crippen LogP contribution < -0.4 is 5.32 Å². The van der Waals surface area contributed by atoms with Crippen LogP contribution in [0.1, 0.15) is 42.9 Å². The highest BCUT2D eigenvalue weighted by Gasteiger charge is 2.29. The Balaban J connectivity index is 1.92. The number of carbonyl (C=O) groups excluding carboxylic acids is 2. The molecule has 4 nitrogen and oxygen atoms in total. The summed E-state index contributed by atoms with van der Waals surface area (Å²) in [4.78, 5) is 28.0. The standard InChI is InChI=1S/C27H28Cl2N2O2/c1-3-30-27(33)19(2)31(18-20-14-15-24(28)25(29)16-20)26(32)17-23(21-10-6-4-7-11-21)22-12-8-5-9-13-22/h4-16,19,23H,3,17-18H2,1-2H3,(H,30,33). The van der Waals surface area contributed by atoms with Crippen molar-refractivity contribution in [2.45, 2.75) is 38.8 Å². The van der Waals surface area contributed by atoms with E-state index in [1.54, 1.807) is 24.0 Å². The normalized spacial score (nSPS) is 11.8. The monoisotopic (exact) mass is 482 g/mol. The molecular formula is C27H28Cl2N2O2. The molecule has 0 heterocycles. The van der Waals surface area contributed by atoms with Gasteiger partial charge < -0.3 is 10.2 Å². The number of halogens is 2. The van der Waals surface area contributed by atoms with Gasteiger partial charge in [0.25, 0.3) is 0 Å². The van der Waals surface area contributed by atoms with Gasteiger partial charge in [-0.05, 0) is 42.7 Å². The lowest BCUT2D eigenvalue weighted by Gasteiger charge is -2.30. The third-order valence-electron chi connectivity index (χ3n) is 5.64. The second-order valence-electron chi connectivity index (χ2n) is 7.92. The third-order valence-corrected chi connectivity index (χ3v) is 6.38. The quantitative estimate of drug-likeness (QED) is 0.402. The molecule has 0 saturated carbocycles. The van der Waals surface area contributed by atoms with E-state index in [4.69, 9.17) is 23.2 Å². The van der Waals surface area contributed by atoms with E-state index in [0.717, 1.165) is 16.7 Å². The molecule has 1 unspecified atom stereocenters. The van der Waals surface area contributed by atoms with Gasteiger partial charge in [0.1, 0.15) is 6.04 Å². The SMILES string of the molecule is CCNC(=O)C(C)N(Cc1ccc(Cl)c(Cl)c1)C(=O)CC(c1ccccc1)c1ccccc1. The highest BCUT2D eigenvalue weighted by Crippen LogP contribution is 2.30. The first-order valence-electron chi connectivity index (χ1n) is 11.0. The molecule has 1 N–H and O–H groups in total. The first-order valence-corrected chi connectivity index (χ1v) is 11.8. The van der Waals surface area contributed by atoms with Gasteiger partial charge >= 0.3 is 0 Å². The third kappa shape index (κ3) is 6.59. The van der Waals surface area contributed by atoms with Crippen LogP contribution in [0.2, 0.25) is 10.0 Å². The lowest BCUT2D eigenvalue weighted by atomic mass is 9.88. The van der Waals surface area contributed by atoms with Crippen LogP contribution in [0.3, 0.4) is 0 Å². The molecule has 0 aliphatic heterocycles. The van der Waals surface area contributed by atoms with E-state index < -0.39 is 6.04 Å². The highest BCUT2D eigenvalue weighted by molar-refractivity contribution is 6.42. The Morgan fingerprint density at radius 3 is 1.97 bits per heavy atom. The first kappa shape index (κ1) is 24.8. The van der Waals surface area contributed by atoms with Gasteiger partial charge in [-0.3, -0.25) is 9.59 Å². The lowest BCUT2D eigenvalue weighted by Crippen LogP contribution is -2.47. The number of benzene rings is 3. The zero-order valence-electron chi connectivity index (χ0n) is 18.8. The number of likely N-dealkylation sites (N-methyl/N-ethyl adjacent to an activating group) is 1. The van der Waals surface area contributed by atoms with E-state index in [-0.39, 0.29) is 30.7 Å². The maximum Gasteiger partial charge on any atom is 0.242 e. The van der Waals surface area contributed by atoms with Gasteiger partial charge in [0.2, 0.25) is 11.8 Å². The van der Waals surface area contributed by atoms with Crippen LogP contribution in [0.5, 0.6) is 0 Å². The maximum absolute atomic E-state index is 13.7. The van der Waals surface area contributed by atoms with Crippen molar-refractivity contribution in [2.75, 3.05) is 6.54 Å². The van der Waals surface area contributed by atoms with Gasteiger partial charge in [-0.2, -0.15) is 0 Å². The molecule has 0 aromatic heterocycles. The van der Waals surface area contributed by atoms with Crippen molar-refractivity contribution in [3.63, 3.8) is 0 Å². The molecule has 33 heavy (non-hydrogen) atoms. The van der Waals surface area contributed by atoms with E-state index in [2.05, 4.69) is 5.32 Å². The fraction of sp³-hybridized carbons (Fsp3) is 0.259. The Morgan fingerprint density at radius 1 is 0.879 bits per heavy atom. The number of carbonyl (C=O) groups is 2. The minimum atomic E-state index is -0.640. The molecule has 3 aromatic rings. The van der Waals surface area contributed by atoms with Crippen molar-refractivity contribution in [1.29, 1.82) is 0 Å². The fourth-order valence-electron chi connectivity index (χ4n) is 3.83. The maximum atomic E-state index is 13.7. The van der Waals surface area contributed by atoms with Gasteiger partial charge in [0.05, 0.1) is 10.0 Å². The molecule has 1 atom stereocenters. The summed E-state index contributed by atoms with van der Waals surface area (Å²) in [7, 11) is 0. The van der Waals surface area contributed by atoms with Crippen LogP contribution in [-0.4, -0.2) is 29.3 Å². The van der Waals surface area contributed by atoms with Gasteiger partial charge in [0, 0.05) is 25.4 Å². The van der Waals surface area contributed by atoms with Crippen LogP contribution in [0, 0.1) is 0 Å². The summed E-state index contributed by atoms with van der Waals surface area (Å²) in [5, 5.41) is 3.69. The number of nitrogens with one attached hydrogen (secondary N) is 1. The topological polar surface area (TPSA) is 49.4 Å². The number of nitrogens with zero attached hydrogens (tertiary/aromatic N) is 1. The predicted octanol–water partition coefficient (Wildman–Crippen LogP) is 6.07. The van der Waals surface area contributed by atoms with Crippen LogP contribution in [0.4, 0.5) is 0 Å². The Hall–Kier alpha value is -2.82. The predicted molar refractivity (Wildman–Crippen MR) is 135 cm³/mol.